The lowest BCUT2D eigenvalue weighted by molar-refractivity contribution is 0.108. The third kappa shape index (κ3) is 1.49. The second-order valence-electron chi connectivity index (χ2n) is 2.72. The Hall–Kier alpha value is -1.39. The van der Waals surface area contributed by atoms with Crippen LogP contribution in [0.4, 0.5) is 0 Å². The highest BCUT2D eigenvalue weighted by Gasteiger charge is 2.07. The summed E-state index contributed by atoms with van der Waals surface area (Å²) in [5.74, 6) is 0.221. The highest BCUT2D eigenvalue weighted by molar-refractivity contribution is 6.67. The number of hydrogen-bond acceptors (Lipinski definition) is 4. The van der Waals surface area contributed by atoms with E-state index in [0.29, 0.717) is 16.7 Å². The first-order chi connectivity index (χ1) is 6.70. The summed E-state index contributed by atoms with van der Waals surface area (Å²) < 4.78 is 5.14. The van der Waals surface area contributed by atoms with Crippen LogP contribution in [0.2, 0.25) is 0 Å². The monoisotopic (exact) mass is 211 g/mol. The molecule has 0 bridgehead atoms. The summed E-state index contributed by atoms with van der Waals surface area (Å²) in [6.45, 7) is -0.265. The number of oxazole rings is 1. The number of fused-ring (bicyclic) bond motifs is 1. The van der Waals surface area contributed by atoms with Crippen LogP contribution in [0.1, 0.15) is 16.2 Å². The zero-order valence-corrected chi connectivity index (χ0v) is 7.78. The topological polar surface area (TPSA) is 63.3 Å². The molecule has 14 heavy (non-hydrogen) atoms. The lowest BCUT2D eigenvalue weighted by Gasteiger charge is -1.90. The summed E-state index contributed by atoms with van der Waals surface area (Å²) >= 11 is 5.30. The second-order valence-corrected chi connectivity index (χ2v) is 3.07. The minimum Gasteiger partial charge on any atom is -0.438 e. The van der Waals surface area contributed by atoms with Crippen molar-refractivity contribution in [1.29, 1.82) is 0 Å². The molecular weight excluding hydrogens is 206 g/mol. The average Bonchev–Trinajstić information content (AvgIpc) is 2.58. The van der Waals surface area contributed by atoms with E-state index in [4.69, 9.17) is 21.1 Å². The predicted octanol–water partition coefficient (Wildman–Crippen LogP) is 1.70. The van der Waals surface area contributed by atoms with Crippen LogP contribution in [-0.2, 0) is 6.61 Å². The van der Waals surface area contributed by atoms with Gasteiger partial charge in [0.1, 0.15) is 12.1 Å². The van der Waals surface area contributed by atoms with Crippen molar-refractivity contribution in [1.82, 2.24) is 4.98 Å². The van der Waals surface area contributed by atoms with Gasteiger partial charge in [-0.05, 0) is 29.8 Å². The van der Waals surface area contributed by atoms with Gasteiger partial charge in [0.2, 0.25) is 5.89 Å². The molecule has 1 aromatic carbocycles. The van der Waals surface area contributed by atoms with Crippen LogP contribution in [0.3, 0.4) is 0 Å². The van der Waals surface area contributed by atoms with Gasteiger partial charge in [0.05, 0.1) is 0 Å². The van der Waals surface area contributed by atoms with E-state index in [-0.39, 0.29) is 12.5 Å². The fourth-order valence-electron chi connectivity index (χ4n) is 1.17. The Kier molecular flexibility index (Phi) is 2.23. The number of carbonyl (C=O) groups is 1. The first-order valence-electron chi connectivity index (χ1n) is 3.91. The molecule has 0 aliphatic carbocycles. The fraction of sp³-hybridized carbons (Fsp3) is 0.111. The molecule has 0 unspecified atom stereocenters. The van der Waals surface area contributed by atoms with Gasteiger partial charge < -0.3 is 9.52 Å². The zero-order chi connectivity index (χ0) is 10.1. The molecule has 4 nitrogen and oxygen atoms in total. The molecule has 2 aromatic rings. The van der Waals surface area contributed by atoms with E-state index in [1.807, 2.05) is 0 Å². The molecule has 0 saturated heterocycles. The Morgan fingerprint density at radius 3 is 3.00 bits per heavy atom. The summed E-state index contributed by atoms with van der Waals surface area (Å²) in [7, 11) is 0. The molecule has 0 saturated carbocycles. The molecule has 0 amide bonds. The number of benzene rings is 1. The molecule has 72 valence electrons. The number of aliphatic hydroxyl groups is 1. The van der Waals surface area contributed by atoms with Crippen molar-refractivity contribution < 1.29 is 14.3 Å². The molecule has 0 radical (unpaired) electrons. The molecular formula is C9H6ClNO3. The third-order valence-electron chi connectivity index (χ3n) is 1.79. The van der Waals surface area contributed by atoms with Gasteiger partial charge in [-0.2, -0.15) is 0 Å². The van der Waals surface area contributed by atoms with Crippen LogP contribution in [0, 0.1) is 0 Å². The van der Waals surface area contributed by atoms with Gasteiger partial charge in [0.25, 0.3) is 5.24 Å². The molecule has 1 heterocycles. The molecule has 0 aliphatic rings. The molecule has 0 atom stereocenters. The second kappa shape index (κ2) is 3.40. The van der Waals surface area contributed by atoms with E-state index >= 15 is 0 Å². The lowest BCUT2D eigenvalue weighted by atomic mass is 10.2. The largest absolute Gasteiger partial charge is 0.438 e. The maximum absolute atomic E-state index is 10.8. The van der Waals surface area contributed by atoms with Gasteiger partial charge in [-0.1, -0.05) is 0 Å². The highest BCUT2D eigenvalue weighted by Crippen LogP contribution is 2.18. The first-order valence-corrected chi connectivity index (χ1v) is 4.28. The summed E-state index contributed by atoms with van der Waals surface area (Å²) in [5, 5.41) is 8.23. The number of nitrogens with zero attached hydrogens (tertiary/aromatic N) is 1. The maximum Gasteiger partial charge on any atom is 0.252 e. The normalized spacial score (nSPS) is 10.7. The number of aliphatic hydroxyl groups excluding tert-OH is 1. The van der Waals surface area contributed by atoms with Crippen LogP contribution in [0.15, 0.2) is 22.6 Å². The number of rotatable bonds is 2. The standard InChI is InChI=1S/C9H6ClNO3/c10-9(13)5-1-2-7-6(3-5)11-8(4-12)14-7/h1-3,12H,4H2. The minimum atomic E-state index is -0.541. The smallest absolute Gasteiger partial charge is 0.252 e. The maximum atomic E-state index is 10.8. The van der Waals surface area contributed by atoms with Gasteiger partial charge in [-0.3, -0.25) is 4.79 Å². The van der Waals surface area contributed by atoms with Crippen LogP contribution in [0.25, 0.3) is 11.1 Å². The molecule has 2 rings (SSSR count). The number of hydrogen-bond donors (Lipinski definition) is 1. The van der Waals surface area contributed by atoms with E-state index in [1.54, 1.807) is 12.1 Å². The summed E-state index contributed by atoms with van der Waals surface area (Å²) in [6.07, 6.45) is 0. The molecule has 0 aliphatic heterocycles. The van der Waals surface area contributed by atoms with E-state index in [2.05, 4.69) is 4.98 Å². The SMILES string of the molecule is O=C(Cl)c1ccc2oc(CO)nc2c1. The Labute approximate surface area is 84.1 Å². The van der Waals surface area contributed by atoms with Crippen molar-refractivity contribution in [2.24, 2.45) is 0 Å². The Balaban J connectivity index is 2.59. The Morgan fingerprint density at radius 1 is 1.57 bits per heavy atom. The van der Waals surface area contributed by atoms with Crippen LogP contribution < -0.4 is 0 Å². The summed E-state index contributed by atoms with van der Waals surface area (Å²) in [5.41, 5.74) is 1.40. The first kappa shape index (κ1) is 9.18. The van der Waals surface area contributed by atoms with Crippen LogP contribution >= 0.6 is 11.6 Å². The highest BCUT2D eigenvalue weighted by atomic mass is 35.5. The number of aromatic nitrogens is 1. The molecule has 5 heteroatoms. The predicted molar refractivity (Wildman–Crippen MR) is 50.1 cm³/mol. The quantitative estimate of drug-likeness (QED) is 0.768. The van der Waals surface area contributed by atoms with Gasteiger partial charge in [0, 0.05) is 5.56 Å². The van der Waals surface area contributed by atoms with Crippen LogP contribution in [0.5, 0.6) is 0 Å². The van der Waals surface area contributed by atoms with Crippen molar-refractivity contribution >= 4 is 27.9 Å². The fourth-order valence-corrected chi connectivity index (χ4v) is 1.28. The molecule has 1 aromatic heterocycles. The zero-order valence-electron chi connectivity index (χ0n) is 7.03. The summed E-state index contributed by atoms with van der Waals surface area (Å²) in [6, 6.07) is 4.66. The Bertz CT molecular complexity index is 492. The van der Waals surface area contributed by atoms with Crippen molar-refractivity contribution in [2.75, 3.05) is 0 Å². The van der Waals surface area contributed by atoms with E-state index in [1.165, 1.54) is 6.07 Å². The van der Waals surface area contributed by atoms with E-state index in [9.17, 15) is 4.79 Å². The van der Waals surface area contributed by atoms with Gasteiger partial charge in [0.15, 0.2) is 5.58 Å². The molecule has 0 spiro atoms. The van der Waals surface area contributed by atoms with E-state index < -0.39 is 5.24 Å². The van der Waals surface area contributed by atoms with Gasteiger partial charge >= 0.3 is 0 Å². The molecule has 1 N–H and O–H groups in total. The van der Waals surface area contributed by atoms with Crippen molar-refractivity contribution in [3.8, 4) is 0 Å². The van der Waals surface area contributed by atoms with E-state index in [0.717, 1.165) is 0 Å². The Morgan fingerprint density at radius 2 is 2.36 bits per heavy atom. The van der Waals surface area contributed by atoms with Gasteiger partial charge in [-0.15, -0.1) is 0 Å². The minimum absolute atomic E-state index is 0.221. The third-order valence-corrected chi connectivity index (χ3v) is 2.01. The lowest BCUT2D eigenvalue weighted by Crippen LogP contribution is -1.87. The number of halogens is 1. The van der Waals surface area contributed by atoms with Crippen LogP contribution in [-0.4, -0.2) is 15.3 Å². The van der Waals surface area contributed by atoms with Crippen molar-refractivity contribution in [2.45, 2.75) is 6.61 Å². The summed E-state index contributed by atoms with van der Waals surface area (Å²) in [4.78, 5) is 14.8. The number of carbonyl (C=O) groups excluding carboxylic acids is 1. The average molecular weight is 212 g/mol. The molecule has 0 fully saturated rings. The van der Waals surface area contributed by atoms with Crippen molar-refractivity contribution in [3.05, 3.63) is 29.7 Å². The van der Waals surface area contributed by atoms with Crippen molar-refractivity contribution in [3.63, 3.8) is 0 Å². The van der Waals surface area contributed by atoms with Gasteiger partial charge in [-0.25, -0.2) is 4.98 Å².